The lowest BCUT2D eigenvalue weighted by molar-refractivity contribution is -0.0256. The Balaban J connectivity index is 1.40. The molecule has 5 nitrogen and oxygen atoms in total. The Hall–Kier alpha value is -2.18. The molecule has 6 heteroatoms. The van der Waals surface area contributed by atoms with Crippen LogP contribution in [0.5, 0.6) is 5.75 Å². The summed E-state index contributed by atoms with van der Waals surface area (Å²) in [4.78, 5) is 13.0. The maximum Gasteiger partial charge on any atom is 0.338 e. The van der Waals surface area contributed by atoms with E-state index in [-0.39, 0.29) is 18.0 Å². The zero-order valence-electron chi connectivity index (χ0n) is 16.3. The van der Waals surface area contributed by atoms with Gasteiger partial charge in [-0.1, -0.05) is 17.7 Å². The van der Waals surface area contributed by atoms with Crippen LogP contribution in [0.3, 0.4) is 0 Å². The van der Waals surface area contributed by atoms with Crippen molar-refractivity contribution in [1.82, 2.24) is 0 Å². The standard InChI is InChI=1S/C22H26O5S/c1-16-3-11-21(12-4-16)28(24)15-20-8-5-17(13-26-20)14-27-22(23)18-6-9-19(25-2)10-7-18/h3-4,6-7,9-12,17,20H,5,8,13-15H2,1-2H3/t17-,20+,28+/m0/s1. The molecule has 0 aliphatic carbocycles. The third kappa shape index (κ3) is 5.66. The molecule has 0 unspecified atom stereocenters. The summed E-state index contributed by atoms with van der Waals surface area (Å²) in [6.07, 6.45) is 1.70. The zero-order chi connectivity index (χ0) is 19.9. The Morgan fingerprint density at radius 2 is 1.82 bits per heavy atom. The summed E-state index contributed by atoms with van der Waals surface area (Å²) in [6.45, 7) is 2.86. The first-order chi connectivity index (χ1) is 13.5. The molecule has 3 rings (SSSR count). The number of carbonyl (C=O) groups excluding carboxylic acids is 1. The summed E-state index contributed by atoms with van der Waals surface area (Å²) in [5.74, 6) is 1.03. The summed E-state index contributed by atoms with van der Waals surface area (Å²) in [5, 5.41) is 0. The molecule has 0 bridgehead atoms. The Morgan fingerprint density at radius 3 is 2.43 bits per heavy atom. The van der Waals surface area contributed by atoms with E-state index < -0.39 is 10.8 Å². The lowest BCUT2D eigenvalue weighted by Crippen LogP contribution is -2.32. The van der Waals surface area contributed by atoms with Crippen LogP contribution < -0.4 is 4.74 Å². The number of hydrogen-bond donors (Lipinski definition) is 0. The number of hydrogen-bond acceptors (Lipinski definition) is 5. The van der Waals surface area contributed by atoms with Gasteiger partial charge in [0, 0.05) is 10.8 Å². The van der Waals surface area contributed by atoms with E-state index >= 15 is 0 Å². The van der Waals surface area contributed by atoms with E-state index in [9.17, 15) is 9.00 Å². The van der Waals surface area contributed by atoms with E-state index in [1.807, 2.05) is 31.2 Å². The molecule has 1 fully saturated rings. The zero-order valence-corrected chi connectivity index (χ0v) is 17.1. The van der Waals surface area contributed by atoms with Crippen molar-refractivity contribution in [3.8, 4) is 5.75 Å². The second kappa shape index (κ2) is 9.85. The summed E-state index contributed by atoms with van der Waals surface area (Å²) in [5.41, 5.74) is 1.66. The van der Waals surface area contributed by atoms with Crippen LogP contribution in [0.1, 0.15) is 28.8 Å². The smallest absolute Gasteiger partial charge is 0.338 e. The molecule has 2 aromatic rings. The van der Waals surface area contributed by atoms with Crippen molar-refractivity contribution >= 4 is 16.8 Å². The highest BCUT2D eigenvalue weighted by atomic mass is 32.2. The number of carbonyl (C=O) groups is 1. The molecule has 28 heavy (non-hydrogen) atoms. The van der Waals surface area contributed by atoms with E-state index in [1.54, 1.807) is 31.4 Å². The lowest BCUT2D eigenvalue weighted by atomic mass is 10.00. The minimum atomic E-state index is -1.06. The molecule has 0 aromatic heterocycles. The Morgan fingerprint density at radius 1 is 1.11 bits per heavy atom. The van der Waals surface area contributed by atoms with E-state index in [0.29, 0.717) is 30.3 Å². The minimum absolute atomic E-state index is 0.0179. The molecule has 2 aromatic carbocycles. The van der Waals surface area contributed by atoms with Gasteiger partial charge in [-0.2, -0.15) is 0 Å². The van der Waals surface area contributed by atoms with Crippen LogP contribution in [0.2, 0.25) is 0 Å². The summed E-state index contributed by atoms with van der Waals surface area (Å²) < 4.78 is 28.9. The van der Waals surface area contributed by atoms with Crippen molar-refractivity contribution in [2.75, 3.05) is 26.1 Å². The van der Waals surface area contributed by atoms with Crippen LogP contribution in [0.25, 0.3) is 0 Å². The highest BCUT2D eigenvalue weighted by Gasteiger charge is 2.25. The second-order valence-electron chi connectivity index (χ2n) is 7.05. The molecule has 0 N–H and O–H groups in total. The number of methoxy groups -OCH3 is 1. The van der Waals surface area contributed by atoms with Crippen LogP contribution in [0, 0.1) is 12.8 Å². The van der Waals surface area contributed by atoms with Crippen molar-refractivity contribution in [3.63, 3.8) is 0 Å². The van der Waals surface area contributed by atoms with Crippen LogP contribution >= 0.6 is 0 Å². The predicted molar refractivity (Wildman–Crippen MR) is 108 cm³/mol. The van der Waals surface area contributed by atoms with E-state index in [4.69, 9.17) is 14.2 Å². The van der Waals surface area contributed by atoms with Crippen molar-refractivity contribution in [1.29, 1.82) is 0 Å². The summed E-state index contributed by atoms with van der Waals surface area (Å²) >= 11 is 0. The van der Waals surface area contributed by atoms with Crippen LogP contribution in [0.15, 0.2) is 53.4 Å². The van der Waals surface area contributed by atoms with Crippen LogP contribution in [-0.2, 0) is 20.3 Å². The van der Waals surface area contributed by atoms with Crippen molar-refractivity contribution in [2.24, 2.45) is 5.92 Å². The summed E-state index contributed by atoms with van der Waals surface area (Å²) in [7, 11) is 0.523. The van der Waals surface area contributed by atoms with Crippen LogP contribution in [-0.4, -0.2) is 42.4 Å². The quantitative estimate of drug-likeness (QED) is 0.660. The highest BCUT2D eigenvalue weighted by Crippen LogP contribution is 2.22. The van der Waals surface area contributed by atoms with Gasteiger partial charge in [-0.25, -0.2) is 4.79 Å². The fraction of sp³-hybridized carbons (Fsp3) is 0.409. The van der Waals surface area contributed by atoms with Gasteiger partial charge in [-0.15, -0.1) is 0 Å². The van der Waals surface area contributed by atoms with Crippen molar-refractivity contribution in [3.05, 3.63) is 59.7 Å². The maximum atomic E-state index is 12.5. The first kappa shape index (κ1) is 20.6. The molecule has 0 amide bonds. The maximum absolute atomic E-state index is 12.5. The van der Waals surface area contributed by atoms with Gasteiger partial charge in [0.15, 0.2) is 0 Å². The fourth-order valence-corrected chi connectivity index (χ4v) is 4.32. The van der Waals surface area contributed by atoms with E-state index in [1.165, 1.54) is 0 Å². The number of aryl methyl sites for hydroxylation is 1. The van der Waals surface area contributed by atoms with Crippen molar-refractivity contribution < 1.29 is 23.2 Å². The third-order valence-corrected chi connectivity index (χ3v) is 6.33. The average molecular weight is 403 g/mol. The van der Waals surface area contributed by atoms with E-state index in [0.717, 1.165) is 23.3 Å². The molecule has 1 heterocycles. The Bertz CT molecular complexity index is 793. The van der Waals surface area contributed by atoms with E-state index in [2.05, 4.69) is 0 Å². The Kier molecular flexibility index (Phi) is 7.23. The number of ether oxygens (including phenoxy) is 3. The van der Waals surface area contributed by atoms with Gasteiger partial charge in [0.1, 0.15) is 5.75 Å². The average Bonchev–Trinajstić information content (AvgIpc) is 2.73. The first-order valence-electron chi connectivity index (χ1n) is 9.43. The highest BCUT2D eigenvalue weighted by molar-refractivity contribution is 7.85. The third-order valence-electron chi connectivity index (χ3n) is 4.86. The van der Waals surface area contributed by atoms with Gasteiger partial charge in [0.25, 0.3) is 0 Å². The number of rotatable bonds is 7. The lowest BCUT2D eigenvalue weighted by Gasteiger charge is -2.28. The topological polar surface area (TPSA) is 61.8 Å². The monoisotopic (exact) mass is 402 g/mol. The molecule has 1 saturated heterocycles. The molecular formula is C22H26O5S. The molecule has 3 atom stereocenters. The predicted octanol–water partition coefficient (Wildman–Crippen LogP) is 3.76. The fourth-order valence-electron chi connectivity index (χ4n) is 3.08. The second-order valence-corrected chi connectivity index (χ2v) is 8.55. The SMILES string of the molecule is COc1ccc(C(=O)OC[C@H]2CC[C@H](C[S@@](=O)c3ccc(C)cc3)OC2)cc1. The molecular weight excluding hydrogens is 376 g/mol. The molecule has 1 aliphatic heterocycles. The molecule has 0 spiro atoms. The van der Waals surface area contributed by atoms with Gasteiger partial charge >= 0.3 is 5.97 Å². The van der Waals surface area contributed by atoms with Gasteiger partial charge in [0.05, 0.1) is 48.5 Å². The van der Waals surface area contributed by atoms with Crippen LogP contribution in [0.4, 0.5) is 0 Å². The first-order valence-corrected chi connectivity index (χ1v) is 10.7. The normalized spacial score (nSPS) is 20.4. The molecule has 1 aliphatic rings. The molecule has 0 radical (unpaired) electrons. The molecule has 150 valence electrons. The van der Waals surface area contributed by atoms with Gasteiger partial charge in [-0.3, -0.25) is 4.21 Å². The van der Waals surface area contributed by atoms with Gasteiger partial charge < -0.3 is 14.2 Å². The number of benzene rings is 2. The minimum Gasteiger partial charge on any atom is -0.497 e. The number of esters is 1. The largest absolute Gasteiger partial charge is 0.497 e. The van der Waals surface area contributed by atoms with Gasteiger partial charge in [-0.05, 0) is 56.2 Å². The molecule has 0 saturated carbocycles. The Labute approximate surface area is 168 Å². The van der Waals surface area contributed by atoms with Gasteiger partial charge in [0.2, 0.25) is 0 Å². The summed E-state index contributed by atoms with van der Waals surface area (Å²) in [6, 6.07) is 14.6. The van der Waals surface area contributed by atoms with Crippen molar-refractivity contribution in [2.45, 2.75) is 30.8 Å².